The average molecular weight is 337 g/mol. The number of imidazole rings is 1. The number of benzene rings is 1. The molecule has 0 saturated carbocycles. The topological polar surface area (TPSA) is 47.5 Å². The van der Waals surface area contributed by atoms with Gasteiger partial charge in [-0.1, -0.05) is 41.3 Å². The van der Waals surface area contributed by atoms with Crippen LogP contribution in [0, 0.1) is 0 Å². The van der Waals surface area contributed by atoms with E-state index in [1.165, 1.54) is 4.70 Å². The SMILES string of the molecule is c1ccc2c(c1)sc1nnc(SCc3cn4ccccc4n3)n12. The summed E-state index contributed by atoms with van der Waals surface area (Å²) >= 11 is 3.33. The van der Waals surface area contributed by atoms with E-state index in [1.54, 1.807) is 23.1 Å². The maximum absolute atomic E-state index is 4.63. The maximum Gasteiger partial charge on any atom is 0.217 e. The van der Waals surface area contributed by atoms with Gasteiger partial charge in [-0.3, -0.25) is 4.40 Å². The molecule has 0 unspecified atom stereocenters. The predicted molar refractivity (Wildman–Crippen MR) is 93.1 cm³/mol. The van der Waals surface area contributed by atoms with Crippen LogP contribution in [0.3, 0.4) is 0 Å². The fourth-order valence-electron chi connectivity index (χ4n) is 2.64. The first-order valence-corrected chi connectivity index (χ1v) is 8.97. The monoisotopic (exact) mass is 337 g/mol. The van der Waals surface area contributed by atoms with E-state index in [1.807, 2.05) is 34.9 Å². The van der Waals surface area contributed by atoms with Gasteiger partial charge in [-0.15, -0.1) is 10.2 Å². The minimum atomic E-state index is 0.770. The number of thiazole rings is 1. The smallest absolute Gasteiger partial charge is 0.217 e. The molecule has 0 bridgehead atoms. The first kappa shape index (κ1) is 13.1. The molecule has 0 spiro atoms. The van der Waals surface area contributed by atoms with Crippen LogP contribution in [0.1, 0.15) is 5.69 Å². The second kappa shape index (κ2) is 5.07. The molecule has 0 atom stereocenters. The largest absolute Gasteiger partial charge is 0.307 e. The molecule has 0 N–H and O–H groups in total. The van der Waals surface area contributed by atoms with E-state index in [0.29, 0.717) is 0 Å². The summed E-state index contributed by atoms with van der Waals surface area (Å²) in [5.74, 6) is 0.770. The molecule has 5 aromatic rings. The molecule has 5 rings (SSSR count). The summed E-state index contributed by atoms with van der Waals surface area (Å²) in [7, 11) is 0. The summed E-state index contributed by atoms with van der Waals surface area (Å²) < 4.78 is 5.39. The number of para-hydroxylation sites is 1. The third-order valence-electron chi connectivity index (χ3n) is 3.67. The summed E-state index contributed by atoms with van der Waals surface area (Å²) in [5, 5.41) is 9.53. The lowest BCUT2D eigenvalue weighted by Gasteiger charge is -1.97. The molecule has 0 amide bonds. The minimum Gasteiger partial charge on any atom is -0.307 e. The number of rotatable bonds is 3. The van der Waals surface area contributed by atoms with Gasteiger partial charge in [0, 0.05) is 18.1 Å². The number of aromatic nitrogens is 5. The summed E-state index contributed by atoms with van der Waals surface area (Å²) in [5.41, 5.74) is 3.17. The Balaban J connectivity index is 1.51. The van der Waals surface area contributed by atoms with Crippen LogP contribution >= 0.6 is 23.1 Å². The van der Waals surface area contributed by atoms with Gasteiger partial charge in [0.15, 0.2) is 5.16 Å². The zero-order valence-corrected chi connectivity index (χ0v) is 13.6. The number of pyridine rings is 1. The Bertz CT molecular complexity index is 1100. The Hall–Kier alpha value is -2.38. The number of fused-ring (bicyclic) bond motifs is 4. The predicted octanol–water partition coefficient (Wildman–Crippen LogP) is 3.88. The lowest BCUT2D eigenvalue weighted by molar-refractivity contribution is 0.939. The van der Waals surface area contributed by atoms with E-state index in [4.69, 9.17) is 0 Å². The van der Waals surface area contributed by atoms with Crippen molar-refractivity contribution >= 4 is 43.9 Å². The average Bonchev–Trinajstić information content (AvgIpc) is 3.25. The van der Waals surface area contributed by atoms with Crippen LogP contribution in [0.25, 0.3) is 20.8 Å². The van der Waals surface area contributed by atoms with Crippen LogP contribution in [0.15, 0.2) is 60.0 Å². The molecule has 0 saturated heterocycles. The molecule has 0 aliphatic heterocycles. The van der Waals surface area contributed by atoms with Gasteiger partial charge >= 0.3 is 0 Å². The summed E-state index contributed by atoms with van der Waals surface area (Å²) in [6, 6.07) is 14.3. The molecule has 0 aliphatic carbocycles. The van der Waals surface area contributed by atoms with E-state index in [0.717, 1.165) is 32.7 Å². The zero-order chi connectivity index (χ0) is 15.2. The van der Waals surface area contributed by atoms with Crippen molar-refractivity contribution in [2.24, 2.45) is 0 Å². The number of hydrogen-bond donors (Lipinski definition) is 0. The molecule has 7 heteroatoms. The lowest BCUT2D eigenvalue weighted by atomic mass is 10.3. The highest BCUT2D eigenvalue weighted by molar-refractivity contribution is 7.98. The second-order valence-corrected chi connectivity index (χ2v) is 7.11. The molecule has 4 heterocycles. The highest BCUT2D eigenvalue weighted by atomic mass is 32.2. The zero-order valence-electron chi connectivity index (χ0n) is 12.0. The van der Waals surface area contributed by atoms with Gasteiger partial charge < -0.3 is 4.40 Å². The van der Waals surface area contributed by atoms with Crippen LogP contribution in [0.2, 0.25) is 0 Å². The van der Waals surface area contributed by atoms with E-state index >= 15 is 0 Å². The van der Waals surface area contributed by atoms with Crippen LogP contribution in [-0.2, 0) is 5.75 Å². The quantitative estimate of drug-likeness (QED) is 0.469. The van der Waals surface area contributed by atoms with Crippen LogP contribution in [0.4, 0.5) is 0 Å². The van der Waals surface area contributed by atoms with Gasteiger partial charge in [-0.25, -0.2) is 4.98 Å². The Morgan fingerprint density at radius 3 is 2.91 bits per heavy atom. The van der Waals surface area contributed by atoms with Crippen LogP contribution < -0.4 is 0 Å². The molecular formula is C16H11N5S2. The molecule has 4 aromatic heterocycles. The van der Waals surface area contributed by atoms with E-state index in [2.05, 4.69) is 44.0 Å². The van der Waals surface area contributed by atoms with Gasteiger partial charge in [0.1, 0.15) is 5.65 Å². The second-order valence-electron chi connectivity index (χ2n) is 5.16. The van der Waals surface area contributed by atoms with E-state index in [9.17, 15) is 0 Å². The third kappa shape index (κ3) is 2.12. The number of nitrogens with zero attached hydrogens (tertiary/aromatic N) is 5. The lowest BCUT2D eigenvalue weighted by Crippen LogP contribution is -1.87. The Labute approximate surface area is 139 Å². The van der Waals surface area contributed by atoms with Crippen LogP contribution in [0.5, 0.6) is 0 Å². The van der Waals surface area contributed by atoms with Crippen molar-refractivity contribution in [3.63, 3.8) is 0 Å². The molecule has 0 fully saturated rings. The highest BCUT2D eigenvalue weighted by Crippen LogP contribution is 2.30. The first-order chi connectivity index (χ1) is 11.4. The van der Waals surface area contributed by atoms with Gasteiger partial charge in [-0.2, -0.15) is 0 Å². The summed E-state index contributed by atoms with van der Waals surface area (Å²) in [6.45, 7) is 0. The Kier molecular flexibility index (Phi) is 2.89. The molecule has 0 radical (unpaired) electrons. The van der Waals surface area contributed by atoms with Crippen molar-refractivity contribution < 1.29 is 0 Å². The first-order valence-electron chi connectivity index (χ1n) is 7.16. The van der Waals surface area contributed by atoms with Crippen molar-refractivity contribution in [3.05, 3.63) is 60.6 Å². The molecule has 5 nitrogen and oxygen atoms in total. The van der Waals surface area contributed by atoms with Gasteiger partial charge in [0.2, 0.25) is 4.96 Å². The maximum atomic E-state index is 4.63. The highest BCUT2D eigenvalue weighted by Gasteiger charge is 2.13. The van der Waals surface area contributed by atoms with Crippen molar-refractivity contribution in [3.8, 4) is 0 Å². The van der Waals surface area contributed by atoms with Gasteiger partial charge in [-0.05, 0) is 24.3 Å². The third-order valence-corrected chi connectivity index (χ3v) is 5.65. The number of thioether (sulfide) groups is 1. The summed E-state index contributed by atoms with van der Waals surface area (Å²) in [4.78, 5) is 5.56. The molecular weight excluding hydrogens is 326 g/mol. The van der Waals surface area contributed by atoms with Crippen molar-refractivity contribution in [2.75, 3.05) is 0 Å². The van der Waals surface area contributed by atoms with Crippen LogP contribution in [-0.4, -0.2) is 24.0 Å². The van der Waals surface area contributed by atoms with E-state index in [-0.39, 0.29) is 0 Å². The van der Waals surface area contributed by atoms with E-state index < -0.39 is 0 Å². The fourth-order valence-corrected chi connectivity index (χ4v) is 4.50. The Morgan fingerprint density at radius 1 is 1.04 bits per heavy atom. The van der Waals surface area contributed by atoms with Gasteiger partial charge in [0.25, 0.3) is 0 Å². The normalized spacial score (nSPS) is 11.8. The van der Waals surface area contributed by atoms with Gasteiger partial charge in [0.05, 0.1) is 15.9 Å². The minimum absolute atomic E-state index is 0.770. The standard InChI is InChI=1S/C16H11N5S2/c1-2-6-13-12(5-1)21-15(18-19-16(21)23-13)22-10-11-9-20-8-4-3-7-14(20)17-11/h1-9H,10H2. The van der Waals surface area contributed by atoms with Crippen molar-refractivity contribution in [2.45, 2.75) is 10.9 Å². The molecule has 112 valence electrons. The molecule has 0 aliphatic rings. The Morgan fingerprint density at radius 2 is 1.96 bits per heavy atom. The molecule has 23 heavy (non-hydrogen) atoms. The fraction of sp³-hybridized carbons (Fsp3) is 0.0625. The summed E-state index contributed by atoms with van der Waals surface area (Å²) in [6.07, 6.45) is 4.07. The van der Waals surface area contributed by atoms with Crippen molar-refractivity contribution in [1.29, 1.82) is 0 Å². The van der Waals surface area contributed by atoms with Crippen molar-refractivity contribution in [1.82, 2.24) is 24.0 Å². The molecule has 1 aromatic carbocycles. The number of hydrogen-bond acceptors (Lipinski definition) is 5.